The number of anilines is 2. The molecule has 30 heavy (non-hydrogen) atoms. The Kier molecular flexibility index (Phi) is 5.48. The van der Waals surface area contributed by atoms with E-state index in [2.05, 4.69) is 25.6 Å². The van der Waals surface area contributed by atoms with Crippen LogP contribution in [0.1, 0.15) is 11.8 Å². The number of nitrogens with two attached hydrogens (primary N) is 1. The second kappa shape index (κ2) is 8.22. The van der Waals surface area contributed by atoms with Crippen LogP contribution < -0.4 is 16.4 Å². The Balaban J connectivity index is 1.58. The lowest BCUT2D eigenvalue weighted by atomic mass is 10.1. The highest BCUT2D eigenvalue weighted by molar-refractivity contribution is 5.84. The number of likely N-dealkylation sites (N-methyl/N-ethyl adjacent to an activating group) is 1. The molecule has 1 fully saturated rings. The number of ether oxygens (including phenoxy) is 1. The number of nitrogen functional groups attached to an aromatic ring is 1. The Hall–Kier alpha value is -3.28. The van der Waals surface area contributed by atoms with Gasteiger partial charge in [-0.15, -0.1) is 0 Å². The lowest BCUT2D eigenvalue weighted by molar-refractivity contribution is -0.137. The maximum atomic E-state index is 11.9. The Morgan fingerprint density at radius 1 is 1.23 bits per heavy atom. The molecule has 11 heteroatoms. The molecule has 0 aliphatic carbocycles. The third-order valence-electron chi connectivity index (χ3n) is 5.00. The maximum absolute atomic E-state index is 11.9. The maximum Gasteiger partial charge on any atom is 0.251 e. The Morgan fingerprint density at radius 2 is 2.00 bits per heavy atom. The summed E-state index contributed by atoms with van der Waals surface area (Å²) in [5, 5.41) is 26.2. The normalized spacial score (nSPS) is 23.6. The van der Waals surface area contributed by atoms with Gasteiger partial charge in [0.1, 0.15) is 12.2 Å². The van der Waals surface area contributed by atoms with Gasteiger partial charge in [0.15, 0.2) is 29.3 Å². The Labute approximate surface area is 171 Å². The summed E-state index contributed by atoms with van der Waals surface area (Å²) in [4.78, 5) is 24.7. The number of fused-ring (bicyclic) bond motifs is 1. The standard InChI is InChI=1S/C19H23N7O4/c1-21-17(29)14-12(27)13(28)18(30-14)26-9-23-11-15(24-19(20)25-16(11)26)22-8-7-10-5-3-2-4-6-10/h2-6,9,12-14,18,27-28H,7-8H2,1H3,(H,21,29)(H3,20,22,24,25)/t12-,13+,14-,18+/m0/s1. The summed E-state index contributed by atoms with van der Waals surface area (Å²) in [6, 6.07) is 9.99. The fourth-order valence-corrected chi connectivity index (χ4v) is 3.46. The van der Waals surface area contributed by atoms with Gasteiger partial charge in [0.2, 0.25) is 5.95 Å². The Morgan fingerprint density at radius 3 is 2.73 bits per heavy atom. The van der Waals surface area contributed by atoms with E-state index in [1.54, 1.807) is 0 Å². The molecule has 0 saturated carbocycles. The van der Waals surface area contributed by atoms with Crippen LogP contribution >= 0.6 is 0 Å². The molecule has 4 atom stereocenters. The highest BCUT2D eigenvalue weighted by atomic mass is 16.6. The summed E-state index contributed by atoms with van der Waals surface area (Å²) in [5.74, 6) is -0.0729. The number of benzene rings is 1. The van der Waals surface area contributed by atoms with Crippen LogP contribution in [0.2, 0.25) is 0 Å². The number of imidazole rings is 1. The van der Waals surface area contributed by atoms with E-state index in [-0.39, 0.29) is 5.95 Å². The second-order valence-corrected chi connectivity index (χ2v) is 6.96. The molecular formula is C19H23N7O4. The van der Waals surface area contributed by atoms with E-state index in [9.17, 15) is 15.0 Å². The first kappa shape index (κ1) is 20.0. The first-order valence-corrected chi connectivity index (χ1v) is 9.50. The van der Waals surface area contributed by atoms with Crippen molar-refractivity contribution < 1.29 is 19.7 Å². The highest BCUT2D eigenvalue weighted by Crippen LogP contribution is 2.32. The van der Waals surface area contributed by atoms with Gasteiger partial charge < -0.3 is 31.3 Å². The fourth-order valence-electron chi connectivity index (χ4n) is 3.46. The van der Waals surface area contributed by atoms with Crippen LogP contribution in [0.25, 0.3) is 11.2 Å². The molecule has 2 aromatic heterocycles. The molecule has 6 N–H and O–H groups in total. The summed E-state index contributed by atoms with van der Waals surface area (Å²) >= 11 is 0. The van der Waals surface area contributed by atoms with Crippen LogP contribution in [0.15, 0.2) is 36.7 Å². The first-order valence-electron chi connectivity index (χ1n) is 9.50. The minimum Gasteiger partial charge on any atom is -0.387 e. The molecule has 0 radical (unpaired) electrons. The smallest absolute Gasteiger partial charge is 0.251 e. The largest absolute Gasteiger partial charge is 0.387 e. The quantitative estimate of drug-likeness (QED) is 0.356. The van der Waals surface area contributed by atoms with Crippen LogP contribution in [0, 0.1) is 0 Å². The molecule has 1 aliphatic heterocycles. The van der Waals surface area contributed by atoms with Crippen LogP contribution in [-0.2, 0) is 16.0 Å². The zero-order chi connectivity index (χ0) is 21.3. The minimum atomic E-state index is -1.39. The number of amides is 1. The van der Waals surface area contributed by atoms with E-state index in [1.807, 2.05) is 30.3 Å². The number of hydrogen-bond donors (Lipinski definition) is 5. The molecule has 1 amide bonds. The van der Waals surface area contributed by atoms with Crippen LogP contribution in [0.5, 0.6) is 0 Å². The van der Waals surface area contributed by atoms with Crippen molar-refractivity contribution in [1.29, 1.82) is 0 Å². The first-order chi connectivity index (χ1) is 14.5. The predicted molar refractivity (Wildman–Crippen MR) is 108 cm³/mol. The lowest BCUT2D eigenvalue weighted by Gasteiger charge is -2.16. The molecule has 4 rings (SSSR count). The van der Waals surface area contributed by atoms with Crippen molar-refractivity contribution in [2.45, 2.75) is 31.0 Å². The van der Waals surface area contributed by atoms with Crippen LogP contribution in [0.3, 0.4) is 0 Å². The van der Waals surface area contributed by atoms with Gasteiger partial charge in [-0.2, -0.15) is 9.97 Å². The monoisotopic (exact) mass is 413 g/mol. The fraction of sp³-hybridized carbons (Fsp3) is 0.368. The van der Waals surface area contributed by atoms with Gasteiger partial charge in [-0.3, -0.25) is 9.36 Å². The van der Waals surface area contributed by atoms with Gasteiger partial charge in [-0.1, -0.05) is 30.3 Å². The SMILES string of the molecule is CNC(=O)[C@H]1O[C@@H](n2cnc3c(NCCc4ccccc4)nc(N)nc32)[C@H](O)[C@@H]1O. The van der Waals surface area contributed by atoms with Crippen LogP contribution in [0.4, 0.5) is 11.8 Å². The van der Waals surface area contributed by atoms with Crippen molar-refractivity contribution in [1.82, 2.24) is 24.8 Å². The molecule has 1 aromatic carbocycles. The average molecular weight is 413 g/mol. The summed E-state index contributed by atoms with van der Waals surface area (Å²) in [6.45, 7) is 0.600. The number of aliphatic hydroxyl groups excluding tert-OH is 2. The summed E-state index contributed by atoms with van der Waals surface area (Å²) in [7, 11) is 1.42. The summed E-state index contributed by atoms with van der Waals surface area (Å²) in [6.07, 6.45) is -2.83. The number of hydrogen-bond acceptors (Lipinski definition) is 9. The number of nitrogens with one attached hydrogen (secondary N) is 2. The average Bonchev–Trinajstić information content (AvgIpc) is 3.29. The third-order valence-corrected chi connectivity index (χ3v) is 5.00. The van der Waals surface area contributed by atoms with E-state index in [0.717, 1.165) is 6.42 Å². The molecule has 11 nitrogen and oxygen atoms in total. The Bertz CT molecular complexity index is 1040. The number of aromatic nitrogens is 4. The van der Waals surface area contributed by atoms with E-state index in [0.29, 0.717) is 23.5 Å². The van der Waals surface area contributed by atoms with Gasteiger partial charge >= 0.3 is 0 Å². The van der Waals surface area contributed by atoms with Crippen molar-refractivity contribution in [2.24, 2.45) is 0 Å². The molecule has 3 heterocycles. The number of aliphatic hydroxyl groups is 2. The van der Waals surface area contributed by atoms with Crippen molar-refractivity contribution in [3.63, 3.8) is 0 Å². The van der Waals surface area contributed by atoms with E-state index in [4.69, 9.17) is 10.5 Å². The molecule has 1 saturated heterocycles. The molecular weight excluding hydrogens is 390 g/mol. The van der Waals surface area contributed by atoms with Crippen LogP contribution in [-0.4, -0.2) is 67.5 Å². The number of carbonyl (C=O) groups excluding carboxylic acids is 1. The topological polar surface area (TPSA) is 160 Å². The van der Waals surface area contributed by atoms with Gasteiger partial charge in [0, 0.05) is 13.6 Å². The third kappa shape index (κ3) is 3.65. The van der Waals surface area contributed by atoms with Gasteiger partial charge in [0.05, 0.1) is 6.33 Å². The highest BCUT2D eigenvalue weighted by Gasteiger charge is 2.47. The zero-order valence-corrected chi connectivity index (χ0v) is 16.3. The van der Waals surface area contributed by atoms with E-state index in [1.165, 1.54) is 23.5 Å². The lowest BCUT2D eigenvalue weighted by Crippen LogP contribution is -2.41. The van der Waals surface area contributed by atoms with Gasteiger partial charge in [-0.25, -0.2) is 4.98 Å². The molecule has 0 bridgehead atoms. The number of carbonyl (C=O) groups is 1. The van der Waals surface area contributed by atoms with Crippen molar-refractivity contribution in [3.05, 3.63) is 42.2 Å². The molecule has 1 aliphatic rings. The van der Waals surface area contributed by atoms with Crippen molar-refractivity contribution in [3.8, 4) is 0 Å². The molecule has 0 spiro atoms. The number of nitrogens with zero attached hydrogens (tertiary/aromatic N) is 4. The van der Waals surface area contributed by atoms with Crippen molar-refractivity contribution in [2.75, 3.05) is 24.6 Å². The minimum absolute atomic E-state index is 0.0161. The summed E-state index contributed by atoms with van der Waals surface area (Å²) in [5.41, 5.74) is 7.80. The van der Waals surface area contributed by atoms with E-state index < -0.39 is 30.4 Å². The molecule has 3 aromatic rings. The van der Waals surface area contributed by atoms with E-state index >= 15 is 0 Å². The van der Waals surface area contributed by atoms with Gasteiger partial charge in [-0.05, 0) is 12.0 Å². The van der Waals surface area contributed by atoms with Gasteiger partial charge in [0.25, 0.3) is 5.91 Å². The molecule has 158 valence electrons. The summed E-state index contributed by atoms with van der Waals surface area (Å²) < 4.78 is 7.04. The number of rotatable bonds is 6. The molecule has 0 unspecified atom stereocenters. The predicted octanol–water partition coefficient (Wildman–Crippen LogP) is -0.572. The zero-order valence-electron chi connectivity index (χ0n) is 16.3. The van der Waals surface area contributed by atoms with Crippen molar-refractivity contribution >= 4 is 28.8 Å². The second-order valence-electron chi connectivity index (χ2n) is 6.96.